The largest absolute Gasteiger partial charge is 0.478 e. The number of H-pyrrole nitrogens is 1. The lowest BCUT2D eigenvalue weighted by Crippen LogP contribution is -2.37. The number of aromatic nitrogens is 1. The summed E-state index contributed by atoms with van der Waals surface area (Å²) in [5.41, 5.74) is 1.96. The van der Waals surface area contributed by atoms with E-state index >= 15 is 0 Å². The summed E-state index contributed by atoms with van der Waals surface area (Å²) in [7, 11) is 0. The first-order chi connectivity index (χ1) is 11.7. The molecule has 1 aliphatic heterocycles. The molecule has 2 aliphatic rings. The van der Waals surface area contributed by atoms with Crippen LogP contribution in [0.5, 0.6) is 0 Å². The molecular weight excluding hydrogens is 316 g/mol. The number of aromatic amines is 1. The Kier molecular flexibility index (Phi) is 3.30. The Morgan fingerprint density at radius 3 is 2.72 bits per heavy atom. The number of rotatable bonds is 2. The molecule has 1 aromatic carbocycles. The zero-order valence-corrected chi connectivity index (χ0v) is 14.9. The van der Waals surface area contributed by atoms with E-state index in [4.69, 9.17) is 0 Å². The van der Waals surface area contributed by atoms with Gasteiger partial charge in [-0.15, -0.1) is 0 Å². The van der Waals surface area contributed by atoms with Gasteiger partial charge < -0.3 is 15.0 Å². The number of carboxylic acid groups (broad SMARTS) is 1. The number of likely N-dealkylation sites (tertiary alicyclic amines) is 1. The summed E-state index contributed by atoms with van der Waals surface area (Å²) in [6.07, 6.45) is 4.71. The van der Waals surface area contributed by atoms with Crippen LogP contribution in [0, 0.1) is 10.8 Å². The van der Waals surface area contributed by atoms with Crippen molar-refractivity contribution in [1.82, 2.24) is 9.88 Å². The van der Waals surface area contributed by atoms with Gasteiger partial charge in [-0.05, 0) is 48.3 Å². The van der Waals surface area contributed by atoms with Gasteiger partial charge in [-0.2, -0.15) is 0 Å². The van der Waals surface area contributed by atoms with Crippen molar-refractivity contribution in [1.29, 1.82) is 0 Å². The van der Waals surface area contributed by atoms with Crippen LogP contribution < -0.4 is 0 Å². The van der Waals surface area contributed by atoms with Crippen molar-refractivity contribution in [3.05, 3.63) is 35.5 Å². The van der Waals surface area contributed by atoms with Gasteiger partial charge in [0, 0.05) is 35.2 Å². The van der Waals surface area contributed by atoms with Crippen molar-refractivity contribution in [2.24, 2.45) is 10.8 Å². The highest BCUT2D eigenvalue weighted by Gasteiger charge is 2.51. The first-order valence-electron chi connectivity index (χ1n) is 8.83. The summed E-state index contributed by atoms with van der Waals surface area (Å²) < 4.78 is 0. The summed E-state index contributed by atoms with van der Waals surface area (Å²) in [6.45, 7) is 7.65. The van der Waals surface area contributed by atoms with Crippen molar-refractivity contribution >= 4 is 22.8 Å². The molecule has 1 saturated heterocycles. The molecule has 1 saturated carbocycles. The van der Waals surface area contributed by atoms with Gasteiger partial charge in [0.05, 0.1) is 5.56 Å². The lowest BCUT2D eigenvalue weighted by molar-refractivity contribution is 0.0691. The van der Waals surface area contributed by atoms with Gasteiger partial charge >= 0.3 is 5.97 Å². The van der Waals surface area contributed by atoms with Crippen LogP contribution in [0.15, 0.2) is 24.4 Å². The molecule has 1 aliphatic carbocycles. The van der Waals surface area contributed by atoms with Crippen LogP contribution in [0.25, 0.3) is 10.9 Å². The number of benzene rings is 1. The normalized spacial score (nSPS) is 27.6. The monoisotopic (exact) mass is 340 g/mol. The highest BCUT2D eigenvalue weighted by atomic mass is 16.4. The fraction of sp³-hybridized carbons (Fsp3) is 0.500. The number of hydrogen-bond donors (Lipinski definition) is 2. The van der Waals surface area contributed by atoms with E-state index < -0.39 is 5.97 Å². The lowest BCUT2D eigenvalue weighted by Gasteiger charge is -2.39. The van der Waals surface area contributed by atoms with E-state index in [-0.39, 0.29) is 28.3 Å². The number of nitrogens with zero attached hydrogens (tertiary/aromatic N) is 1. The minimum absolute atomic E-state index is 0.0193. The van der Waals surface area contributed by atoms with Gasteiger partial charge in [0.1, 0.15) is 0 Å². The number of fused-ring (bicyclic) bond motifs is 3. The zero-order chi connectivity index (χ0) is 18.0. The second-order valence-corrected chi connectivity index (χ2v) is 8.91. The highest BCUT2D eigenvalue weighted by molar-refractivity contribution is 6.06. The molecule has 2 fully saturated rings. The van der Waals surface area contributed by atoms with Crippen LogP contribution in [0.2, 0.25) is 0 Å². The van der Waals surface area contributed by atoms with Gasteiger partial charge in [0.2, 0.25) is 0 Å². The smallest absolute Gasteiger partial charge is 0.337 e. The predicted molar refractivity (Wildman–Crippen MR) is 95.8 cm³/mol. The number of amides is 1. The Balaban J connectivity index is 1.69. The van der Waals surface area contributed by atoms with E-state index in [0.29, 0.717) is 10.9 Å². The Hall–Kier alpha value is -2.30. The third-order valence-corrected chi connectivity index (χ3v) is 5.83. The molecule has 2 N–H and O–H groups in total. The number of carboxylic acids is 1. The highest BCUT2D eigenvalue weighted by Crippen LogP contribution is 2.52. The second kappa shape index (κ2) is 5.10. The summed E-state index contributed by atoms with van der Waals surface area (Å²) in [5.74, 6) is -0.965. The molecule has 1 amide bonds. The maximum absolute atomic E-state index is 13.2. The van der Waals surface area contributed by atoms with Crippen LogP contribution in [-0.4, -0.2) is 39.5 Å². The van der Waals surface area contributed by atoms with Crippen LogP contribution in [-0.2, 0) is 0 Å². The van der Waals surface area contributed by atoms with Gasteiger partial charge in [0.25, 0.3) is 5.91 Å². The summed E-state index contributed by atoms with van der Waals surface area (Å²) in [5, 5.41) is 9.90. The number of carbonyl (C=O) groups is 2. The van der Waals surface area contributed by atoms with Crippen LogP contribution in [0.3, 0.4) is 0 Å². The molecule has 0 spiro atoms. The Labute approximate surface area is 147 Å². The molecule has 1 aromatic heterocycles. The molecule has 2 heterocycles. The van der Waals surface area contributed by atoms with Gasteiger partial charge in [-0.25, -0.2) is 4.79 Å². The molecular formula is C20H24N2O3. The predicted octanol–water partition coefficient (Wildman–Crippen LogP) is 3.91. The fourth-order valence-corrected chi connectivity index (χ4v) is 5.29. The van der Waals surface area contributed by atoms with Crippen LogP contribution >= 0.6 is 0 Å². The van der Waals surface area contributed by atoms with Crippen molar-refractivity contribution < 1.29 is 14.7 Å². The zero-order valence-electron chi connectivity index (χ0n) is 14.9. The van der Waals surface area contributed by atoms with Crippen molar-refractivity contribution in [3.8, 4) is 0 Å². The average molecular weight is 340 g/mol. The Bertz CT molecular complexity index is 882. The van der Waals surface area contributed by atoms with E-state index in [1.54, 1.807) is 18.2 Å². The molecule has 5 nitrogen and oxygen atoms in total. The molecule has 4 rings (SSSR count). The van der Waals surface area contributed by atoms with Crippen LogP contribution in [0.4, 0.5) is 0 Å². The lowest BCUT2D eigenvalue weighted by atomic mass is 9.65. The second-order valence-electron chi connectivity index (χ2n) is 8.91. The van der Waals surface area contributed by atoms with E-state index in [1.165, 1.54) is 6.20 Å². The molecule has 25 heavy (non-hydrogen) atoms. The molecule has 132 valence electrons. The molecule has 2 aromatic rings. The third-order valence-electron chi connectivity index (χ3n) is 5.83. The molecule has 2 atom stereocenters. The Morgan fingerprint density at radius 2 is 2.00 bits per heavy atom. The van der Waals surface area contributed by atoms with Gasteiger partial charge in [0.15, 0.2) is 0 Å². The van der Waals surface area contributed by atoms with Gasteiger partial charge in [-0.3, -0.25) is 4.79 Å². The van der Waals surface area contributed by atoms with Gasteiger partial charge in [-0.1, -0.05) is 20.8 Å². The number of aromatic carboxylic acids is 1. The van der Waals surface area contributed by atoms with Crippen molar-refractivity contribution in [3.63, 3.8) is 0 Å². The number of carbonyl (C=O) groups excluding carboxylic acids is 1. The topological polar surface area (TPSA) is 73.4 Å². The number of hydrogen-bond acceptors (Lipinski definition) is 2. The average Bonchev–Trinajstić information content (AvgIpc) is 3.03. The van der Waals surface area contributed by atoms with E-state index in [9.17, 15) is 14.7 Å². The van der Waals surface area contributed by atoms with Crippen molar-refractivity contribution in [2.75, 3.05) is 6.54 Å². The molecule has 2 unspecified atom stereocenters. The first-order valence-corrected chi connectivity index (χ1v) is 8.83. The van der Waals surface area contributed by atoms with Crippen molar-refractivity contribution in [2.45, 2.75) is 46.1 Å². The van der Waals surface area contributed by atoms with E-state index in [2.05, 4.69) is 25.8 Å². The molecule has 2 bridgehead atoms. The molecule has 5 heteroatoms. The summed E-state index contributed by atoms with van der Waals surface area (Å²) >= 11 is 0. The fourth-order valence-electron chi connectivity index (χ4n) is 5.29. The quantitative estimate of drug-likeness (QED) is 0.870. The third kappa shape index (κ3) is 2.62. The maximum Gasteiger partial charge on any atom is 0.337 e. The number of nitrogens with one attached hydrogen (secondary N) is 1. The minimum atomic E-state index is -0.984. The first kappa shape index (κ1) is 16.2. The maximum atomic E-state index is 13.2. The minimum Gasteiger partial charge on any atom is -0.478 e. The summed E-state index contributed by atoms with van der Waals surface area (Å²) in [4.78, 5) is 29.5. The van der Waals surface area contributed by atoms with E-state index in [0.717, 1.165) is 31.3 Å². The standard InChI is InChI=1S/C20H24N2O3/c1-19(2)7-13-8-20(3,10-19)11-22(13)17(23)12-4-5-16-14(6-12)15(9-21-16)18(24)25/h4-6,9,13,21H,7-8,10-11H2,1-3H3,(H,24,25). The Morgan fingerprint density at radius 1 is 1.24 bits per heavy atom. The van der Waals surface area contributed by atoms with E-state index in [1.807, 2.05) is 4.90 Å². The summed E-state index contributed by atoms with van der Waals surface area (Å²) in [6, 6.07) is 5.58. The van der Waals surface area contributed by atoms with Crippen LogP contribution in [0.1, 0.15) is 60.7 Å². The molecule has 0 radical (unpaired) electrons. The SMILES string of the molecule is CC1(C)CC2CC(C)(CN2C(=O)c2ccc3[nH]cc(C(=O)O)c3c2)C1.